The number of nitrogens with zero attached hydrogens (tertiary/aromatic N) is 1. The molecule has 0 aromatic carbocycles. The number of rotatable bonds is 57. The lowest BCUT2D eigenvalue weighted by molar-refractivity contribution is -0.870. The van der Waals surface area contributed by atoms with Crippen LogP contribution in [0.1, 0.15) is 245 Å². The summed E-state index contributed by atoms with van der Waals surface area (Å²) < 4.78 is 23.7. The number of carbonyl (C=O) groups excluding carboxylic acids is 1. The molecule has 0 saturated carbocycles. The summed E-state index contributed by atoms with van der Waals surface area (Å²) in [5.41, 5.74) is 0. The van der Waals surface area contributed by atoms with Crippen LogP contribution in [0.2, 0.25) is 0 Å². The van der Waals surface area contributed by atoms with Crippen molar-refractivity contribution in [3.8, 4) is 0 Å². The van der Waals surface area contributed by atoms with Crippen LogP contribution in [0.5, 0.6) is 0 Å². The van der Waals surface area contributed by atoms with Crippen LogP contribution in [0.3, 0.4) is 0 Å². The minimum atomic E-state index is -4.38. The zero-order chi connectivity index (χ0) is 58.4. The first kappa shape index (κ1) is 76.4. The van der Waals surface area contributed by atoms with Crippen molar-refractivity contribution in [1.82, 2.24) is 5.32 Å². The molecule has 0 spiro atoms. The Morgan fingerprint density at radius 2 is 0.762 bits per heavy atom. The van der Waals surface area contributed by atoms with E-state index >= 15 is 0 Å². The second-order valence-electron chi connectivity index (χ2n) is 22.4. The third kappa shape index (κ3) is 62.0. The lowest BCUT2D eigenvalue weighted by atomic mass is 10.0. The summed E-state index contributed by atoms with van der Waals surface area (Å²) >= 11 is 0. The molecule has 3 N–H and O–H groups in total. The molecule has 456 valence electrons. The molecule has 0 heterocycles. The highest BCUT2D eigenvalue weighted by Gasteiger charge is 2.27. The molecule has 3 atom stereocenters. The van der Waals surface area contributed by atoms with Gasteiger partial charge in [0, 0.05) is 6.42 Å². The molecule has 0 fully saturated rings. The lowest BCUT2D eigenvalue weighted by Crippen LogP contribution is -2.45. The first-order valence-electron chi connectivity index (χ1n) is 32.2. The van der Waals surface area contributed by atoms with Gasteiger partial charge in [0.25, 0.3) is 0 Å². The molecule has 0 aliphatic heterocycles. The number of allylic oxidation sites excluding steroid dienone is 23. The van der Waals surface area contributed by atoms with Crippen LogP contribution < -0.4 is 5.32 Å². The minimum absolute atomic E-state index is 0.0412. The molecular weight excluding hydrogens is 1010 g/mol. The van der Waals surface area contributed by atoms with E-state index in [0.29, 0.717) is 17.4 Å². The average molecular weight is 1130 g/mol. The Labute approximate surface area is 493 Å². The quantitative estimate of drug-likeness (QED) is 0.0243. The molecule has 0 aliphatic carbocycles. The van der Waals surface area contributed by atoms with Gasteiger partial charge in [0.1, 0.15) is 13.2 Å². The van der Waals surface area contributed by atoms with Gasteiger partial charge in [0.05, 0.1) is 39.9 Å². The van der Waals surface area contributed by atoms with Gasteiger partial charge in [-0.15, -0.1) is 0 Å². The van der Waals surface area contributed by atoms with E-state index in [1.807, 2.05) is 27.2 Å². The number of likely N-dealkylation sites (N-methyl/N-ethyl adjacent to an activating group) is 1. The summed E-state index contributed by atoms with van der Waals surface area (Å²) in [7, 11) is 1.51. The van der Waals surface area contributed by atoms with E-state index in [1.165, 1.54) is 103 Å². The first-order chi connectivity index (χ1) is 39.0. The molecule has 0 aromatic rings. The number of aliphatic hydroxyl groups is 1. The summed E-state index contributed by atoms with van der Waals surface area (Å²) in [4.78, 5) is 23.4. The van der Waals surface area contributed by atoms with Gasteiger partial charge >= 0.3 is 7.82 Å². The van der Waals surface area contributed by atoms with Crippen LogP contribution in [-0.2, 0) is 18.4 Å². The maximum absolute atomic E-state index is 13.0. The molecule has 0 radical (unpaired) electrons. The van der Waals surface area contributed by atoms with E-state index < -0.39 is 20.0 Å². The van der Waals surface area contributed by atoms with Gasteiger partial charge in [-0.2, -0.15) is 0 Å². The highest BCUT2D eigenvalue weighted by molar-refractivity contribution is 7.47. The summed E-state index contributed by atoms with van der Waals surface area (Å²) in [6, 6.07) is -0.893. The number of quaternary nitrogens is 1. The number of unbranched alkanes of at least 4 members (excludes halogenated alkanes) is 22. The van der Waals surface area contributed by atoms with Crippen LogP contribution in [0.4, 0.5) is 0 Å². The molecule has 3 unspecified atom stereocenters. The van der Waals surface area contributed by atoms with E-state index in [2.05, 4.69) is 153 Å². The Hall–Kier alpha value is -3.62. The Morgan fingerprint density at radius 3 is 1.15 bits per heavy atom. The fourth-order valence-corrected chi connectivity index (χ4v) is 9.27. The molecule has 9 heteroatoms. The van der Waals surface area contributed by atoms with E-state index in [-0.39, 0.29) is 19.1 Å². The fraction of sp³-hybridized carbons (Fsp3) is 0.648. The van der Waals surface area contributed by atoms with Crippen molar-refractivity contribution >= 4 is 13.7 Å². The normalized spacial score (nSPS) is 14.7. The minimum Gasteiger partial charge on any atom is -0.387 e. The van der Waals surface area contributed by atoms with Gasteiger partial charge in [0.15, 0.2) is 0 Å². The predicted octanol–water partition coefficient (Wildman–Crippen LogP) is 20.4. The number of phosphoric acid groups is 1. The van der Waals surface area contributed by atoms with E-state index in [0.717, 1.165) is 122 Å². The third-order valence-corrected chi connectivity index (χ3v) is 14.5. The second-order valence-corrected chi connectivity index (χ2v) is 23.8. The van der Waals surface area contributed by atoms with Crippen molar-refractivity contribution in [2.45, 2.75) is 257 Å². The Kier molecular flexibility index (Phi) is 57.3. The van der Waals surface area contributed by atoms with Gasteiger partial charge in [-0.05, 0) is 116 Å². The molecule has 8 nitrogen and oxygen atoms in total. The Balaban J connectivity index is 4.32. The highest BCUT2D eigenvalue weighted by atomic mass is 31.2. The third-order valence-electron chi connectivity index (χ3n) is 13.5. The lowest BCUT2D eigenvalue weighted by Gasteiger charge is -2.25. The maximum Gasteiger partial charge on any atom is 0.472 e. The zero-order valence-corrected chi connectivity index (χ0v) is 52.9. The van der Waals surface area contributed by atoms with E-state index in [4.69, 9.17) is 9.05 Å². The first-order valence-corrected chi connectivity index (χ1v) is 33.7. The second kappa shape index (κ2) is 60.0. The van der Waals surface area contributed by atoms with Crippen LogP contribution >= 0.6 is 7.82 Å². The van der Waals surface area contributed by atoms with E-state index in [9.17, 15) is 19.4 Å². The number of nitrogens with one attached hydrogen (secondary N) is 1. The molecule has 0 aromatic heterocycles. The molecule has 80 heavy (non-hydrogen) atoms. The Bertz CT molecular complexity index is 1810. The number of hydrogen-bond donors (Lipinski definition) is 3. The number of aliphatic hydroxyl groups excluding tert-OH is 1. The fourth-order valence-electron chi connectivity index (χ4n) is 8.54. The van der Waals surface area contributed by atoms with Crippen LogP contribution in [0, 0.1) is 0 Å². The van der Waals surface area contributed by atoms with Crippen molar-refractivity contribution in [2.24, 2.45) is 0 Å². The van der Waals surface area contributed by atoms with Crippen molar-refractivity contribution in [3.63, 3.8) is 0 Å². The van der Waals surface area contributed by atoms with Gasteiger partial charge in [-0.1, -0.05) is 269 Å². The van der Waals surface area contributed by atoms with Gasteiger partial charge in [-0.25, -0.2) is 4.57 Å². The van der Waals surface area contributed by atoms with Gasteiger partial charge in [0.2, 0.25) is 5.91 Å². The van der Waals surface area contributed by atoms with Crippen LogP contribution in [-0.4, -0.2) is 73.4 Å². The van der Waals surface area contributed by atoms with E-state index in [1.54, 1.807) is 6.08 Å². The smallest absolute Gasteiger partial charge is 0.387 e. The van der Waals surface area contributed by atoms with Crippen LogP contribution in [0.25, 0.3) is 0 Å². The number of amides is 1. The SMILES string of the molecule is CC/C=C\C/C=C\C/C=C\C/C=C\C/C=C\C/C=C\C/C=C\C/C=C\C/C=C\CCCCCCCC(=O)NC(COP(=O)(O)OCC[N+](C)(C)C)C(O)/C=C/CC/C=C/CC/C=C/CCCCCCCCCCCCCCCCC. The molecule has 0 bridgehead atoms. The molecule has 0 aliphatic rings. The molecule has 0 saturated heterocycles. The number of carbonyl (C=O) groups is 1. The van der Waals surface area contributed by atoms with Crippen molar-refractivity contribution in [1.29, 1.82) is 0 Å². The maximum atomic E-state index is 13.0. The molecule has 1 amide bonds. The number of hydrogen-bond acceptors (Lipinski definition) is 5. The predicted molar refractivity (Wildman–Crippen MR) is 350 cm³/mol. The van der Waals surface area contributed by atoms with Crippen molar-refractivity contribution in [2.75, 3.05) is 40.9 Å². The van der Waals surface area contributed by atoms with Crippen molar-refractivity contribution < 1.29 is 32.9 Å². The standard InChI is InChI=1S/C71H121N2O6P/c1-6-8-10-12-14-16-18-20-22-24-26-28-30-32-33-34-35-36-37-38-39-41-43-45-47-49-51-53-55-57-59-61-63-65-71(75)72-69(68-79-80(76,77)78-67-66-73(3,4)5)70(74)64-62-60-58-56-54-52-50-48-46-44-42-40-31-29-27-25-23-21-19-17-15-13-11-9-7-2/h8,10,14,16,20,22,26,28,32-33,35-36,38-39,43,45-46,48-49,51,54,56,62,64,69-70,74H,6-7,9,11-13,15,17-19,21,23-25,27,29-31,34,37,40-42,44,47,50,52-53,55,57-61,63,65-68H2,1-5H3,(H-,72,75,76,77)/p+1/b10-8-,16-14-,22-20-,28-26-,33-32-,36-35-,39-38-,45-43-,48-46+,51-49-,56-54+,64-62+. The summed E-state index contributed by atoms with van der Waals surface area (Å²) in [5, 5.41) is 13.9. The zero-order valence-electron chi connectivity index (χ0n) is 52.0. The topological polar surface area (TPSA) is 105 Å². The Morgan fingerprint density at radius 1 is 0.438 bits per heavy atom. The molecular formula is C71H122N2O6P+. The van der Waals surface area contributed by atoms with Crippen LogP contribution in [0.15, 0.2) is 146 Å². The number of phosphoric ester groups is 1. The van der Waals surface area contributed by atoms with Crippen molar-refractivity contribution in [3.05, 3.63) is 146 Å². The molecule has 0 rings (SSSR count). The van der Waals surface area contributed by atoms with Gasteiger partial charge in [-0.3, -0.25) is 13.8 Å². The van der Waals surface area contributed by atoms with Gasteiger partial charge < -0.3 is 19.8 Å². The average Bonchev–Trinajstić information content (AvgIpc) is 3.42. The summed E-state index contributed by atoms with van der Waals surface area (Å²) in [6.45, 7) is 4.65. The largest absolute Gasteiger partial charge is 0.472 e. The highest BCUT2D eigenvalue weighted by Crippen LogP contribution is 2.43. The monoisotopic (exact) mass is 1130 g/mol. The summed E-state index contributed by atoms with van der Waals surface area (Å²) in [6.07, 6.45) is 92.6. The summed E-state index contributed by atoms with van der Waals surface area (Å²) in [5.74, 6) is -0.215.